The summed E-state index contributed by atoms with van der Waals surface area (Å²) in [5, 5.41) is 8.57. The van der Waals surface area contributed by atoms with E-state index in [-0.39, 0.29) is 0 Å². The first-order chi connectivity index (χ1) is 8.29. The maximum atomic E-state index is 12.8. The van der Waals surface area contributed by atoms with Crippen molar-refractivity contribution in [2.24, 2.45) is 0 Å². The van der Waals surface area contributed by atoms with Crippen LogP contribution in [0.4, 0.5) is 4.39 Å². The first kappa shape index (κ1) is 11.4. The van der Waals surface area contributed by atoms with Gasteiger partial charge in [-0.05, 0) is 17.7 Å². The van der Waals surface area contributed by atoms with Crippen LogP contribution in [0.25, 0.3) is 17.3 Å². The van der Waals surface area contributed by atoms with Crippen molar-refractivity contribution in [3.63, 3.8) is 0 Å². The largest absolute Gasteiger partial charge is 0.389 e. The molecule has 0 bridgehead atoms. The molecule has 0 atom stereocenters. The summed E-state index contributed by atoms with van der Waals surface area (Å²) < 4.78 is 12.8. The highest BCUT2D eigenvalue weighted by Gasteiger charge is 1.98. The first-order valence-electron chi connectivity index (χ1n) is 5.13. The van der Waals surface area contributed by atoms with Crippen molar-refractivity contribution in [3.8, 4) is 11.3 Å². The monoisotopic (exact) mass is 230 g/mol. The molecule has 0 amide bonds. The molecule has 1 heterocycles. The minimum absolute atomic E-state index is 0.556. The third kappa shape index (κ3) is 2.95. The van der Waals surface area contributed by atoms with Crippen molar-refractivity contribution in [1.29, 1.82) is 0 Å². The molecule has 1 aromatic carbocycles. The molecule has 0 saturated carbocycles. The lowest BCUT2D eigenvalue weighted by Crippen LogP contribution is -1.85. The van der Waals surface area contributed by atoms with Gasteiger partial charge in [0.05, 0.1) is 12.3 Å². The molecule has 0 spiro atoms. The lowest BCUT2D eigenvalue weighted by atomic mass is 10.1. The average Bonchev–Trinajstić information content (AvgIpc) is 2.40. The van der Waals surface area contributed by atoms with E-state index < -0.39 is 12.4 Å². The summed E-state index contributed by atoms with van der Waals surface area (Å²) in [6.45, 7) is -0.576. The fourth-order valence-electron chi connectivity index (χ4n) is 1.44. The van der Waals surface area contributed by atoms with Crippen LogP contribution in [0.1, 0.15) is 5.56 Å². The second-order valence-electron chi connectivity index (χ2n) is 3.47. The van der Waals surface area contributed by atoms with Crippen LogP contribution in [0.15, 0.2) is 48.7 Å². The molecule has 0 fully saturated rings. The van der Waals surface area contributed by atoms with Gasteiger partial charge in [0, 0.05) is 11.8 Å². The molecule has 2 aromatic rings. The molecule has 0 unspecified atom stereocenters. The Hall–Kier alpha value is -2.07. The third-order valence-corrected chi connectivity index (χ3v) is 2.26. The Bertz CT molecular complexity index is 509. The predicted molar refractivity (Wildman–Crippen MR) is 63.6 cm³/mol. The SMILES string of the molecule is OCC(F)=Cc1ccc(-c2ccncn2)cc1. The molecule has 0 aliphatic carbocycles. The molecular weight excluding hydrogens is 219 g/mol. The van der Waals surface area contributed by atoms with E-state index in [1.54, 1.807) is 24.4 Å². The fraction of sp³-hybridized carbons (Fsp3) is 0.0769. The number of aliphatic hydroxyl groups is 1. The van der Waals surface area contributed by atoms with E-state index in [4.69, 9.17) is 5.11 Å². The molecule has 3 nitrogen and oxygen atoms in total. The Morgan fingerprint density at radius 2 is 2.00 bits per heavy atom. The second kappa shape index (κ2) is 5.32. The number of halogens is 1. The highest BCUT2D eigenvalue weighted by Crippen LogP contribution is 2.17. The van der Waals surface area contributed by atoms with Crippen molar-refractivity contribution < 1.29 is 9.50 Å². The van der Waals surface area contributed by atoms with Crippen LogP contribution in [-0.4, -0.2) is 21.7 Å². The number of rotatable bonds is 3. The zero-order valence-electron chi connectivity index (χ0n) is 9.05. The summed E-state index contributed by atoms with van der Waals surface area (Å²) in [7, 11) is 0. The predicted octanol–water partition coefficient (Wildman–Crippen LogP) is 2.45. The molecule has 1 N–H and O–H groups in total. The Morgan fingerprint density at radius 3 is 2.59 bits per heavy atom. The van der Waals surface area contributed by atoms with E-state index >= 15 is 0 Å². The van der Waals surface area contributed by atoms with E-state index in [0.717, 1.165) is 11.3 Å². The van der Waals surface area contributed by atoms with Gasteiger partial charge in [-0.2, -0.15) is 0 Å². The van der Waals surface area contributed by atoms with E-state index in [1.807, 2.05) is 12.1 Å². The number of hydrogen-bond donors (Lipinski definition) is 1. The van der Waals surface area contributed by atoms with Gasteiger partial charge in [0.2, 0.25) is 0 Å². The van der Waals surface area contributed by atoms with E-state index in [0.29, 0.717) is 5.56 Å². The van der Waals surface area contributed by atoms with Gasteiger partial charge in [0.1, 0.15) is 12.2 Å². The molecule has 4 heteroatoms. The summed E-state index contributed by atoms with van der Waals surface area (Å²) >= 11 is 0. The topological polar surface area (TPSA) is 46.0 Å². The van der Waals surface area contributed by atoms with Gasteiger partial charge in [-0.1, -0.05) is 24.3 Å². The minimum atomic E-state index is -0.576. The highest BCUT2D eigenvalue weighted by atomic mass is 19.1. The summed E-state index contributed by atoms with van der Waals surface area (Å²) in [6.07, 6.45) is 4.44. The molecule has 0 aliphatic heterocycles. The van der Waals surface area contributed by atoms with Gasteiger partial charge in [-0.3, -0.25) is 0 Å². The van der Waals surface area contributed by atoms with Crippen LogP contribution in [0.2, 0.25) is 0 Å². The van der Waals surface area contributed by atoms with E-state index in [1.165, 1.54) is 12.4 Å². The van der Waals surface area contributed by atoms with Gasteiger partial charge in [0.15, 0.2) is 0 Å². The Labute approximate surface area is 98.3 Å². The lowest BCUT2D eigenvalue weighted by molar-refractivity contribution is 0.300. The van der Waals surface area contributed by atoms with Crippen LogP contribution in [0.5, 0.6) is 0 Å². The summed E-state index contributed by atoms with van der Waals surface area (Å²) in [5.41, 5.74) is 2.46. The van der Waals surface area contributed by atoms with Gasteiger partial charge < -0.3 is 5.11 Å². The number of hydrogen-bond acceptors (Lipinski definition) is 3. The number of aromatic nitrogens is 2. The molecule has 86 valence electrons. The first-order valence-corrected chi connectivity index (χ1v) is 5.13. The van der Waals surface area contributed by atoms with Crippen molar-refractivity contribution >= 4 is 6.08 Å². The second-order valence-corrected chi connectivity index (χ2v) is 3.47. The van der Waals surface area contributed by atoms with Crippen molar-refractivity contribution in [1.82, 2.24) is 9.97 Å². The fourth-order valence-corrected chi connectivity index (χ4v) is 1.44. The van der Waals surface area contributed by atoms with Gasteiger partial charge in [-0.15, -0.1) is 0 Å². The third-order valence-electron chi connectivity index (χ3n) is 2.26. The average molecular weight is 230 g/mol. The zero-order chi connectivity index (χ0) is 12.1. The van der Waals surface area contributed by atoms with Crippen molar-refractivity contribution in [3.05, 3.63) is 54.2 Å². The molecular formula is C13H11FN2O. The van der Waals surface area contributed by atoms with Crippen LogP contribution in [0.3, 0.4) is 0 Å². The molecule has 0 aliphatic rings. The highest BCUT2D eigenvalue weighted by molar-refractivity contribution is 5.62. The van der Waals surface area contributed by atoms with E-state index in [9.17, 15) is 4.39 Å². The van der Waals surface area contributed by atoms with Crippen molar-refractivity contribution in [2.75, 3.05) is 6.61 Å². The molecule has 17 heavy (non-hydrogen) atoms. The van der Waals surface area contributed by atoms with Gasteiger partial charge in [0.25, 0.3) is 0 Å². The molecule has 1 aromatic heterocycles. The quantitative estimate of drug-likeness (QED) is 0.880. The summed E-state index contributed by atoms with van der Waals surface area (Å²) in [4.78, 5) is 7.96. The van der Waals surface area contributed by atoms with Crippen LogP contribution in [-0.2, 0) is 0 Å². The lowest BCUT2D eigenvalue weighted by Gasteiger charge is -2.00. The molecule has 2 rings (SSSR count). The Kier molecular flexibility index (Phi) is 3.57. The van der Waals surface area contributed by atoms with Crippen LogP contribution >= 0.6 is 0 Å². The van der Waals surface area contributed by atoms with Crippen LogP contribution < -0.4 is 0 Å². The maximum Gasteiger partial charge on any atom is 0.126 e. The Morgan fingerprint density at radius 1 is 1.24 bits per heavy atom. The number of benzene rings is 1. The van der Waals surface area contributed by atoms with Gasteiger partial charge in [-0.25, -0.2) is 14.4 Å². The molecule has 0 radical (unpaired) electrons. The smallest absolute Gasteiger partial charge is 0.126 e. The maximum absolute atomic E-state index is 12.8. The Balaban J connectivity index is 2.25. The van der Waals surface area contributed by atoms with Crippen molar-refractivity contribution in [2.45, 2.75) is 0 Å². The van der Waals surface area contributed by atoms with Crippen LogP contribution in [0, 0.1) is 0 Å². The summed E-state index contributed by atoms with van der Waals surface area (Å²) in [6, 6.07) is 9.04. The van der Waals surface area contributed by atoms with E-state index in [2.05, 4.69) is 9.97 Å². The summed E-state index contributed by atoms with van der Waals surface area (Å²) in [5.74, 6) is -0.556. The number of nitrogens with zero attached hydrogens (tertiary/aromatic N) is 2. The van der Waals surface area contributed by atoms with Gasteiger partial charge >= 0.3 is 0 Å². The molecule has 0 saturated heterocycles. The number of aliphatic hydroxyl groups excluding tert-OH is 1. The standard InChI is InChI=1S/C13H11FN2O/c14-12(8-17)7-10-1-3-11(4-2-10)13-5-6-15-9-16-13/h1-7,9,17H,8H2. The minimum Gasteiger partial charge on any atom is -0.389 e. The zero-order valence-corrected chi connectivity index (χ0v) is 9.05. The normalized spacial score (nSPS) is 11.5.